The van der Waals surface area contributed by atoms with E-state index >= 15 is 0 Å². The van der Waals surface area contributed by atoms with E-state index in [0.717, 1.165) is 0 Å². The highest BCUT2D eigenvalue weighted by Gasteiger charge is 2.30. The van der Waals surface area contributed by atoms with Gasteiger partial charge in [-0.2, -0.15) is 0 Å². The molecule has 0 bridgehead atoms. The van der Waals surface area contributed by atoms with E-state index in [4.69, 9.17) is 11.2 Å². The fraction of sp³-hybridized carbons (Fsp3) is 0.250. The van der Waals surface area contributed by atoms with E-state index in [-0.39, 0.29) is 5.57 Å². The van der Waals surface area contributed by atoms with Gasteiger partial charge < -0.3 is 15.2 Å². The summed E-state index contributed by atoms with van der Waals surface area (Å²) in [5.74, 6) is 2.58. The number of aliphatic carboxylic acids is 1. The van der Waals surface area contributed by atoms with E-state index in [1.165, 1.54) is 11.8 Å². The number of carboxylic acid groups (broad SMARTS) is 1. The van der Waals surface area contributed by atoms with Crippen molar-refractivity contribution in [1.29, 1.82) is 0 Å². The van der Waals surface area contributed by atoms with Crippen molar-refractivity contribution < 1.29 is 14.6 Å². The molecule has 5 nitrogen and oxygen atoms in total. The minimum Gasteiger partial charge on any atom is -0.496 e. The number of hydrogen-bond donors (Lipinski definition) is 2. The number of thioether (sulfide) groups is 1. The maximum absolute atomic E-state index is 11.6. The second-order valence-corrected chi connectivity index (χ2v) is 5.50. The Bertz CT molecular complexity index is 689. The number of carbonyl (C=O) groups is 1. The average Bonchev–Trinajstić information content (AvgIpc) is 2.51. The monoisotopic (exact) mass is 316 g/mol. The summed E-state index contributed by atoms with van der Waals surface area (Å²) in [6.45, 7) is 1.72. The molecular weight excluding hydrogens is 300 g/mol. The molecular formula is C16H16N2O3S. The molecule has 1 heterocycles. The van der Waals surface area contributed by atoms with E-state index in [9.17, 15) is 9.90 Å². The molecule has 1 aromatic rings. The summed E-state index contributed by atoms with van der Waals surface area (Å²) in [5, 5.41) is 13.1. The molecule has 0 aliphatic carbocycles. The van der Waals surface area contributed by atoms with Crippen LogP contribution in [0.2, 0.25) is 0 Å². The lowest BCUT2D eigenvalue weighted by Gasteiger charge is -2.25. The largest absolute Gasteiger partial charge is 0.496 e. The first-order valence-corrected chi connectivity index (χ1v) is 7.55. The van der Waals surface area contributed by atoms with Gasteiger partial charge >= 0.3 is 5.97 Å². The number of carboxylic acids is 1. The molecule has 1 aliphatic heterocycles. The number of hydrogen-bond acceptors (Lipinski definition) is 5. The minimum atomic E-state index is -1.01. The van der Waals surface area contributed by atoms with Crippen molar-refractivity contribution in [1.82, 2.24) is 5.32 Å². The fourth-order valence-corrected chi connectivity index (χ4v) is 2.85. The summed E-state index contributed by atoms with van der Waals surface area (Å²) >= 11 is 1.36. The number of terminal acetylenes is 1. The molecule has 1 atom stereocenters. The summed E-state index contributed by atoms with van der Waals surface area (Å²) in [4.78, 5) is 16.1. The Morgan fingerprint density at radius 3 is 2.91 bits per heavy atom. The van der Waals surface area contributed by atoms with Gasteiger partial charge in [0.1, 0.15) is 11.8 Å². The number of methoxy groups -OCH3 is 1. The van der Waals surface area contributed by atoms with Crippen LogP contribution in [0.3, 0.4) is 0 Å². The van der Waals surface area contributed by atoms with Crippen LogP contribution in [0.1, 0.15) is 18.5 Å². The molecule has 2 rings (SSSR count). The SMILES string of the molecule is C#CCSC1=NC(c2ccccc2OC)C(C(=O)O)=C(C)N1. The maximum atomic E-state index is 11.6. The third kappa shape index (κ3) is 3.26. The number of benzene rings is 1. The Morgan fingerprint density at radius 2 is 2.27 bits per heavy atom. The maximum Gasteiger partial charge on any atom is 0.335 e. The minimum absolute atomic E-state index is 0.203. The molecule has 0 spiro atoms. The molecule has 0 saturated carbocycles. The second-order valence-electron chi connectivity index (χ2n) is 4.54. The number of nitrogens with one attached hydrogen (secondary N) is 1. The van der Waals surface area contributed by atoms with Crippen LogP contribution in [0.25, 0.3) is 0 Å². The zero-order valence-corrected chi connectivity index (χ0v) is 13.1. The number of ether oxygens (including phenoxy) is 1. The van der Waals surface area contributed by atoms with Crippen molar-refractivity contribution >= 4 is 22.9 Å². The van der Waals surface area contributed by atoms with E-state index in [1.807, 2.05) is 18.2 Å². The van der Waals surface area contributed by atoms with E-state index < -0.39 is 12.0 Å². The first-order chi connectivity index (χ1) is 10.6. The molecule has 0 aromatic heterocycles. The standard InChI is InChI=1S/C16H16N2O3S/c1-4-9-22-16-17-10(2)13(15(19)20)14(18-16)11-7-5-6-8-12(11)21-3/h1,5-8,14H,9H2,2-3H3,(H,17,18)(H,19,20). The summed E-state index contributed by atoms with van der Waals surface area (Å²) in [6, 6.07) is 6.64. The van der Waals surface area contributed by atoms with Crippen LogP contribution in [0, 0.1) is 12.3 Å². The highest BCUT2D eigenvalue weighted by atomic mass is 32.2. The quantitative estimate of drug-likeness (QED) is 0.835. The van der Waals surface area contributed by atoms with Crippen molar-refractivity contribution in [3.05, 3.63) is 41.1 Å². The zero-order chi connectivity index (χ0) is 16.1. The van der Waals surface area contributed by atoms with Gasteiger partial charge in [-0.15, -0.1) is 6.42 Å². The van der Waals surface area contributed by atoms with Crippen molar-refractivity contribution in [3.63, 3.8) is 0 Å². The average molecular weight is 316 g/mol. The van der Waals surface area contributed by atoms with Gasteiger partial charge in [-0.1, -0.05) is 35.9 Å². The molecule has 1 unspecified atom stereocenters. The van der Waals surface area contributed by atoms with Gasteiger partial charge in [0.05, 0.1) is 18.4 Å². The Morgan fingerprint density at radius 1 is 1.55 bits per heavy atom. The van der Waals surface area contributed by atoms with Gasteiger partial charge in [-0.25, -0.2) is 9.79 Å². The van der Waals surface area contributed by atoms with Crippen LogP contribution in [0.15, 0.2) is 40.5 Å². The van der Waals surface area contributed by atoms with Crippen molar-refractivity contribution in [3.8, 4) is 18.1 Å². The van der Waals surface area contributed by atoms with Crippen LogP contribution in [-0.4, -0.2) is 29.1 Å². The van der Waals surface area contributed by atoms with Gasteiger partial charge in [0.2, 0.25) is 0 Å². The van der Waals surface area contributed by atoms with Crippen LogP contribution < -0.4 is 10.1 Å². The number of rotatable bonds is 4. The lowest BCUT2D eigenvalue weighted by atomic mass is 9.96. The van der Waals surface area contributed by atoms with Gasteiger partial charge in [-0.05, 0) is 13.0 Å². The van der Waals surface area contributed by atoms with Gasteiger partial charge in [0, 0.05) is 11.3 Å². The highest BCUT2D eigenvalue weighted by molar-refractivity contribution is 8.14. The second kappa shape index (κ2) is 7.05. The first-order valence-electron chi connectivity index (χ1n) is 6.56. The van der Waals surface area contributed by atoms with Crippen LogP contribution in [0.4, 0.5) is 0 Å². The van der Waals surface area contributed by atoms with E-state index in [2.05, 4.69) is 16.2 Å². The van der Waals surface area contributed by atoms with E-state index in [1.54, 1.807) is 20.1 Å². The summed E-state index contributed by atoms with van der Waals surface area (Å²) < 4.78 is 5.33. The first kappa shape index (κ1) is 16.0. The van der Waals surface area contributed by atoms with Crippen molar-refractivity contribution in [2.45, 2.75) is 13.0 Å². The third-order valence-electron chi connectivity index (χ3n) is 3.17. The molecule has 0 amide bonds. The normalized spacial score (nSPS) is 17.3. The molecule has 0 fully saturated rings. The number of para-hydroxylation sites is 1. The van der Waals surface area contributed by atoms with Gasteiger partial charge in [0.15, 0.2) is 5.17 Å². The summed E-state index contributed by atoms with van der Waals surface area (Å²) in [6.07, 6.45) is 5.27. The Kier molecular flexibility index (Phi) is 5.12. The molecule has 0 saturated heterocycles. The summed E-state index contributed by atoms with van der Waals surface area (Å²) in [7, 11) is 1.55. The van der Waals surface area contributed by atoms with Crippen LogP contribution >= 0.6 is 11.8 Å². The van der Waals surface area contributed by atoms with Crippen molar-refractivity contribution in [2.75, 3.05) is 12.9 Å². The Balaban J connectivity index is 2.50. The molecule has 1 aliphatic rings. The predicted octanol–water partition coefficient (Wildman–Crippen LogP) is 2.42. The molecule has 22 heavy (non-hydrogen) atoms. The molecule has 6 heteroatoms. The fourth-order valence-electron chi connectivity index (χ4n) is 2.22. The highest BCUT2D eigenvalue weighted by Crippen LogP contribution is 2.36. The van der Waals surface area contributed by atoms with Crippen molar-refractivity contribution in [2.24, 2.45) is 4.99 Å². The Hall–Kier alpha value is -2.39. The lowest BCUT2D eigenvalue weighted by Crippen LogP contribution is -2.30. The van der Waals surface area contributed by atoms with E-state index in [0.29, 0.717) is 27.9 Å². The lowest BCUT2D eigenvalue weighted by molar-refractivity contribution is -0.133. The summed E-state index contributed by atoms with van der Waals surface area (Å²) in [5.41, 5.74) is 1.47. The third-order valence-corrected chi connectivity index (χ3v) is 3.97. The number of aliphatic imine (C=N–C) groups is 1. The number of nitrogens with zero attached hydrogens (tertiary/aromatic N) is 1. The van der Waals surface area contributed by atoms with Gasteiger partial charge in [-0.3, -0.25) is 0 Å². The molecule has 2 N–H and O–H groups in total. The molecule has 1 aromatic carbocycles. The van der Waals surface area contributed by atoms with Crippen LogP contribution in [0.5, 0.6) is 5.75 Å². The Labute approximate surface area is 133 Å². The smallest absolute Gasteiger partial charge is 0.335 e. The number of amidine groups is 1. The predicted molar refractivity (Wildman–Crippen MR) is 87.9 cm³/mol. The molecule has 114 valence electrons. The molecule has 0 radical (unpaired) electrons. The zero-order valence-electron chi connectivity index (χ0n) is 12.3. The van der Waals surface area contributed by atoms with Gasteiger partial charge in [0.25, 0.3) is 0 Å². The van der Waals surface area contributed by atoms with Crippen LogP contribution in [-0.2, 0) is 4.79 Å². The topological polar surface area (TPSA) is 70.9 Å². The number of allylic oxidation sites excluding steroid dienone is 1.